The summed E-state index contributed by atoms with van der Waals surface area (Å²) < 4.78 is 33.2. The number of hydrogen-bond donors (Lipinski definition) is 1. The number of aromatic nitrogens is 4. The van der Waals surface area contributed by atoms with Crippen LogP contribution in [0.2, 0.25) is 5.02 Å². The Bertz CT molecular complexity index is 2640. The number of carbonyl (C=O) groups excluding carboxylic acids is 2. The summed E-state index contributed by atoms with van der Waals surface area (Å²) in [5.41, 5.74) is 14.7. The van der Waals surface area contributed by atoms with Crippen molar-refractivity contribution in [1.82, 2.24) is 29.4 Å². The lowest BCUT2D eigenvalue weighted by Gasteiger charge is -2.38. The number of benzene rings is 3. The van der Waals surface area contributed by atoms with E-state index >= 15 is 0 Å². The summed E-state index contributed by atoms with van der Waals surface area (Å²) in [5.74, 6) is 1.24. The summed E-state index contributed by atoms with van der Waals surface area (Å²) in [6.45, 7) is 9.32. The molecule has 5 aliphatic rings. The molecule has 13 nitrogen and oxygen atoms in total. The minimum Gasteiger partial charge on any atom is -0.372 e. The molecule has 2 N–H and O–H groups in total. The van der Waals surface area contributed by atoms with Gasteiger partial charge in [-0.2, -0.15) is 15.5 Å². The molecule has 10 rings (SSSR count). The van der Waals surface area contributed by atoms with Gasteiger partial charge in [0.05, 0.1) is 22.8 Å². The van der Waals surface area contributed by atoms with Crippen molar-refractivity contribution in [3.8, 4) is 17.2 Å². The number of aldehydes is 1. The summed E-state index contributed by atoms with van der Waals surface area (Å²) in [7, 11) is 6.09. The van der Waals surface area contributed by atoms with Gasteiger partial charge in [-0.3, -0.25) is 14.2 Å². The number of likely N-dealkylation sites (N-methyl/N-ethyl adjacent to an activating group) is 1. The zero-order valence-corrected chi connectivity index (χ0v) is 42.6. The Hall–Kier alpha value is -5.82. The Morgan fingerprint density at radius 2 is 1.65 bits per heavy atom. The van der Waals surface area contributed by atoms with Crippen LogP contribution in [0.5, 0.6) is 0 Å². The predicted octanol–water partition coefficient (Wildman–Crippen LogP) is 10.1. The number of nitriles is 1. The second-order valence-electron chi connectivity index (χ2n) is 20.0. The van der Waals surface area contributed by atoms with Crippen molar-refractivity contribution in [2.75, 3.05) is 74.6 Å². The molecule has 2 aromatic heterocycles. The monoisotopic (exact) mass is 990 g/mol. The highest BCUT2D eigenvalue weighted by Crippen LogP contribution is 2.44. The SMILES string of the molecule is CC=O.CN(c1ccc(C#N)c(Cl)c1)C1CCCCC1.CN1CCc2c(c(N3CCCc4cc(-c5cnn(C)c5)c(C(F)F)cc43)nn2C2CCN(CC3CCN(c4ccc(C(N)=O)cc4)CC3)CC2)C1. The van der Waals surface area contributed by atoms with Crippen molar-refractivity contribution >= 4 is 46.7 Å². The first-order valence-corrected chi connectivity index (χ1v) is 25.9. The van der Waals surface area contributed by atoms with Crippen molar-refractivity contribution in [2.45, 2.75) is 109 Å². The number of nitrogens with zero attached hydrogens (tertiary/aromatic N) is 10. The number of likely N-dealkylation sites (tertiary alicyclic amines) is 1. The molecule has 3 fully saturated rings. The average Bonchev–Trinajstić information content (AvgIpc) is 4.00. The van der Waals surface area contributed by atoms with Crippen LogP contribution in [-0.2, 0) is 31.2 Å². The maximum Gasteiger partial charge on any atom is 0.264 e. The summed E-state index contributed by atoms with van der Waals surface area (Å²) in [6, 6.07) is 20.1. The lowest BCUT2D eigenvalue weighted by Crippen LogP contribution is -2.42. The molecule has 0 spiro atoms. The number of nitrogens with two attached hydrogens (primary N) is 1. The van der Waals surface area contributed by atoms with Crippen LogP contribution in [0, 0.1) is 17.2 Å². The van der Waals surface area contributed by atoms with Crippen molar-refractivity contribution in [1.29, 1.82) is 5.26 Å². The number of carbonyl (C=O) groups is 2. The largest absolute Gasteiger partial charge is 0.372 e. The minimum absolute atomic E-state index is 0.0518. The molecule has 4 aliphatic heterocycles. The number of fused-ring (bicyclic) bond motifs is 2. The van der Waals surface area contributed by atoms with Crippen LogP contribution in [0.1, 0.15) is 122 Å². The summed E-state index contributed by atoms with van der Waals surface area (Å²) in [5, 5.41) is 19.0. The van der Waals surface area contributed by atoms with Crippen LogP contribution in [0.25, 0.3) is 11.1 Å². The van der Waals surface area contributed by atoms with Crippen LogP contribution in [-0.4, -0.2) is 108 Å². The van der Waals surface area contributed by atoms with Crippen molar-refractivity contribution < 1.29 is 18.4 Å². The highest BCUT2D eigenvalue weighted by Gasteiger charge is 2.34. The number of amides is 1. The van der Waals surface area contributed by atoms with Crippen LogP contribution in [0.3, 0.4) is 0 Å². The van der Waals surface area contributed by atoms with E-state index in [0.717, 1.165) is 138 Å². The van der Waals surface area contributed by atoms with E-state index in [4.69, 9.17) is 32.5 Å². The molecule has 0 radical (unpaired) electrons. The topological polar surface area (TPSA) is 136 Å². The molecule has 16 heteroatoms. The number of piperidine rings is 2. The van der Waals surface area contributed by atoms with Gasteiger partial charge in [-0.1, -0.05) is 30.9 Å². The molecule has 3 aromatic carbocycles. The normalized spacial score (nSPS) is 18.1. The lowest BCUT2D eigenvalue weighted by molar-refractivity contribution is -0.106. The molecule has 1 saturated carbocycles. The molecule has 378 valence electrons. The molecule has 0 atom stereocenters. The molecule has 6 heterocycles. The van der Waals surface area contributed by atoms with E-state index in [1.165, 1.54) is 50.3 Å². The van der Waals surface area contributed by atoms with Gasteiger partial charge in [0.2, 0.25) is 5.91 Å². The van der Waals surface area contributed by atoms with E-state index in [9.17, 15) is 13.6 Å². The number of alkyl halides is 2. The first-order valence-electron chi connectivity index (χ1n) is 25.5. The van der Waals surface area contributed by atoms with Gasteiger partial charge in [-0.25, -0.2) is 8.78 Å². The second kappa shape index (κ2) is 23.6. The van der Waals surface area contributed by atoms with Gasteiger partial charge in [0.25, 0.3) is 6.43 Å². The Kier molecular flexibility index (Phi) is 17.1. The standard InChI is InChI=1S/C39H49F2N9O.C14H17ClN2.C2H4O/c1-45-15-13-35-34(25-45)39(49-14-3-4-28-20-32(29-22-43-46(2)24-29)33(37(40)41)21-36(28)49)44-50(35)31-11-16-47(17-12-31)23-26-9-18-48(19-10-26)30-7-5-27(6-8-30)38(42)51;1-17(12-5-3-2-4-6-12)13-8-7-11(10-16)14(15)9-13;1-2-3/h5-8,20-22,24,26,31,37H,3-4,9-19,23,25H2,1-2H3,(H2,42,51);7-9,12H,2-6H2,1H3;2H,1H3. The van der Waals surface area contributed by atoms with Gasteiger partial charge >= 0.3 is 0 Å². The van der Waals surface area contributed by atoms with Gasteiger partial charge < -0.3 is 35.0 Å². The van der Waals surface area contributed by atoms with Crippen molar-refractivity contribution in [3.63, 3.8) is 0 Å². The zero-order valence-electron chi connectivity index (χ0n) is 41.9. The fourth-order valence-electron chi connectivity index (χ4n) is 11.4. The quantitative estimate of drug-likeness (QED) is 0.135. The predicted molar refractivity (Wildman–Crippen MR) is 279 cm³/mol. The Labute approximate surface area is 423 Å². The van der Waals surface area contributed by atoms with Crippen LogP contribution < -0.4 is 20.4 Å². The Morgan fingerprint density at radius 1 is 0.930 bits per heavy atom. The number of anilines is 4. The summed E-state index contributed by atoms with van der Waals surface area (Å²) in [4.78, 5) is 32.2. The summed E-state index contributed by atoms with van der Waals surface area (Å²) >= 11 is 6.06. The third-order valence-corrected chi connectivity index (χ3v) is 15.6. The molecule has 1 amide bonds. The number of hydrogen-bond acceptors (Lipinski definition) is 10. The fourth-order valence-corrected chi connectivity index (χ4v) is 11.6. The van der Waals surface area contributed by atoms with Crippen LogP contribution in [0.15, 0.2) is 67.0 Å². The smallest absolute Gasteiger partial charge is 0.264 e. The third-order valence-electron chi connectivity index (χ3n) is 15.3. The van der Waals surface area contributed by atoms with Gasteiger partial charge in [-0.05, 0) is 137 Å². The lowest BCUT2D eigenvalue weighted by atomic mass is 9.92. The maximum absolute atomic E-state index is 14.6. The number of halogens is 3. The zero-order chi connectivity index (χ0) is 50.2. The Balaban J connectivity index is 0.000000283. The Morgan fingerprint density at radius 3 is 2.28 bits per heavy atom. The highest BCUT2D eigenvalue weighted by molar-refractivity contribution is 6.32. The van der Waals surface area contributed by atoms with Crippen molar-refractivity contribution in [3.05, 3.63) is 106 Å². The second-order valence-corrected chi connectivity index (χ2v) is 20.4. The number of rotatable bonds is 10. The third kappa shape index (κ3) is 12.1. The van der Waals surface area contributed by atoms with Gasteiger partial charge in [0.15, 0.2) is 5.82 Å². The molecule has 5 aromatic rings. The van der Waals surface area contributed by atoms with Crippen LogP contribution in [0.4, 0.5) is 31.7 Å². The number of aryl methyl sites for hydroxylation is 2. The average molecular weight is 991 g/mol. The summed E-state index contributed by atoms with van der Waals surface area (Å²) in [6.07, 6.45) is 15.4. The highest BCUT2D eigenvalue weighted by atomic mass is 35.5. The fraction of sp³-hybridized carbons (Fsp3) is 0.509. The van der Waals surface area contributed by atoms with E-state index in [0.29, 0.717) is 39.7 Å². The van der Waals surface area contributed by atoms with E-state index in [-0.39, 0.29) is 11.5 Å². The molecule has 2 saturated heterocycles. The van der Waals surface area contributed by atoms with Gasteiger partial charge in [-0.15, -0.1) is 0 Å². The molecular formula is C55H70ClF2N11O2. The van der Waals surface area contributed by atoms with E-state index in [2.05, 4.69) is 54.4 Å². The number of primary amides is 1. The molecule has 71 heavy (non-hydrogen) atoms. The molecule has 0 bridgehead atoms. The van der Waals surface area contributed by atoms with Crippen molar-refractivity contribution in [2.24, 2.45) is 18.7 Å². The van der Waals surface area contributed by atoms with E-state index in [1.807, 2.05) is 55.7 Å². The minimum atomic E-state index is -2.59. The van der Waals surface area contributed by atoms with E-state index < -0.39 is 6.43 Å². The first-order chi connectivity index (χ1) is 34.3. The van der Waals surface area contributed by atoms with Gasteiger partial charge in [0, 0.05) is 130 Å². The maximum atomic E-state index is 14.6. The molecular weight excluding hydrogens is 920 g/mol. The molecule has 1 aliphatic carbocycles. The first kappa shape index (κ1) is 51.5. The van der Waals surface area contributed by atoms with E-state index in [1.54, 1.807) is 23.0 Å². The molecule has 0 unspecified atom stereocenters. The van der Waals surface area contributed by atoms with Crippen LogP contribution >= 0.6 is 11.6 Å². The van der Waals surface area contributed by atoms with Gasteiger partial charge in [0.1, 0.15) is 12.4 Å².